The number of fused-ring (bicyclic) bond motifs is 1. The maximum absolute atomic E-state index is 11.5. The summed E-state index contributed by atoms with van der Waals surface area (Å²) in [6.45, 7) is 4.12. The minimum Gasteiger partial charge on any atom is -0.312 e. The molecule has 3 nitrogen and oxygen atoms in total. The van der Waals surface area contributed by atoms with Crippen LogP contribution in [0.25, 0.3) is 0 Å². The Labute approximate surface area is 98.2 Å². The highest BCUT2D eigenvalue weighted by molar-refractivity contribution is 7.92. The smallest absolute Gasteiger partial charge is 0.153 e. The Balaban J connectivity index is 1.87. The second-order valence-corrected chi connectivity index (χ2v) is 8.41. The number of rotatable bonds is 4. The highest BCUT2D eigenvalue weighted by Crippen LogP contribution is 2.42. The lowest BCUT2D eigenvalue weighted by molar-refractivity contribution is 0.161. The summed E-state index contributed by atoms with van der Waals surface area (Å²) in [6, 6.07) is 0.491. The SMILES string of the molecule is CC(C)(CNC1CC2CC=CC21)S(C)(=O)=O. The van der Waals surface area contributed by atoms with Crippen LogP contribution in [0.5, 0.6) is 0 Å². The van der Waals surface area contributed by atoms with Gasteiger partial charge in [0.15, 0.2) is 9.84 Å². The van der Waals surface area contributed by atoms with Crippen molar-refractivity contribution < 1.29 is 8.42 Å². The van der Waals surface area contributed by atoms with Gasteiger partial charge in [-0.2, -0.15) is 0 Å². The van der Waals surface area contributed by atoms with Gasteiger partial charge in [0.25, 0.3) is 0 Å². The van der Waals surface area contributed by atoms with Crippen LogP contribution < -0.4 is 5.32 Å². The fraction of sp³-hybridized carbons (Fsp3) is 0.833. The summed E-state index contributed by atoms with van der Waals surface area (Å²) >= 11 is 0. The maximum atomic E-state index is 11.5. The zero-order chi connectivity index (χ0) is 12.0. The van der Waals surface area contributed by atoms with Crippen LogP contribution in [0, 0.1) is 11.8 Å². The third-order valence-corrected chi connectivity index (χ3v) is 6.31. The van der Waals surface area contributed by atoms with E-state index in [-0.39, 0.29) is 0 Å². The van der Waals surface area contributed by atoms with Crippen molar-refractivity contribution in [2.45, 2.75) is 37.5 Å². The minimum atomic E-state index is -2.98. The van der Waals surface area contributed by atoms with E-state index in [1.54, 1.807) is 13.8 Å². The van der Waals surface area contributed by atoms with Gasteiger partial charge in [-0.25, -0.2) is 8.42 Å². The summed E-state index contributed by atoms with van der Waals surface area (Å²) in [5, 5.41) is 3.41. The highest BCUT2D eigenvalue weighted by atomic mass is 32.2. The fourth-order valence-corrected chi connectivity index (χ4v) is 2.80. The first-order valence-corrected chi connectivity index (χ1v) is 7.80. The summed E-state index contributed by atoms with van der Waals surface area (Å²) < 4.78 is 22.4. The molecule has 92 valence electrons. The van der Waals surface area contributed by atoms with Crippen molar-refractivity contribution in [1.29, 1.82) is 0 Å². The van der Waals surface area contributed by atoms with Crippen LogP contribution in [0.4, 0.5) is 0 Å². The first-order chi connectivity index (χ1) is 7.31. The van der Waals surface area contributed by atoms with Gasteiger partial charge < -0.3 is 5.32 Å². The number of hydrogen-bond donors (Lipinski definition) is 1. The van der Waals surface area contributed by atoms with Crippen LogP contribution in [-0.2, 0) is 9.84 Å². The van der Waals surface area contributed by atoms with Gasteiger partial charge in [0.05, 0.1) is 4.75 Å². The molecule has 3 unspecified atom stereocenters. The molecule has 3 atom stereocenters. The predicted molar refractivity (Wildman–Crippen MR) is 66.1 cm³/mol. The lowest BCUT2D eigenvalue weighted by Gasteiger charge is -2.42. The zero-order valence-electron chi connectivity index (χ0n) is 10.2. The Morgan fingerprint density at radius 2 is 2.12 bits per heavy atom. The molecule has 4 heteroatoms. The van der Waals surface area contributed by atoms with Crippen molar-refractivity contribution in [2.75, 3.05) is 12.8 Å². The second kappa shape index (κ2) is 3.84. The van der Waals surface area contributed by atoms with Crippen molar-refractivity contribution in [1.82, 2.24) is 5.32 Å². The van der Waals surface area contributed by atoms with Crippen molar-refractivity contribution >= 4 is 9.84 Å². The van der Waals surface area contributed by atoms with Gasteiger partial charge in [-0.15, -0.1) is 0 Å². The van der Waals surface area contributed by atoms with Crippen LogP contribution in [0.2, 0.25) is 0 Å². The van der Waals surface area contributed by atoms with E-state index in [1.807, 2.05) is 0 Å². The highest BCUT2D eigenvalue weighted by Gasteiger charge is 2.42. The lowest BCUT2D eigenvalue weighted by Crippen LogP contribution is -2.53. The molecule has 0 aromatic heterocycles. The second-order valence-electron chi connectivity index (χ2n) is 5.76. The summed E-state index contributed by atoms with van der Waals surface area (Å²) in [6.07, 6.45) is 8.24. The van der Waals surface area contributed by atoms with E-state index < -0.39 is 14.6 Å². The normalized spacial score (nSPS) is 33.6. The third-order valence-electron chi connectivity index (χ3n) is 4.16. The Kier molecular flexibility index (Phi) is 2.91. The molecule has 0 aromatic carbocycles. The van der Waals surface area contributed by atoms with Crippen molar-refractivity contribution in [3.63, 3.8) is 0 Å². The molecule has 1 fully saturated rings. The summed E-state index contributed by atoms with van der Waals surface area (Å²) in [5.74, 6) is 1.47. The van der Waals surface area contributed by atoms with E-state index in [4.69, 9.17) is 0 Å². The molecule has 0 spiro atoms. The van der Waals surface area contributed by atoms with E-state index in [0.717, 1.165) is 5.92 Å². The third kappa shape index (κ3) is 2.05. The molecular formula is C12H21NO2S. The van der Waals surface area contributed by atoms with Gasteiger partial charge in [-0.1, -0.05) is 12.2 Å². The molecule has 0 heterocycles. The molecule has 0 bridgehead atoms. The van der Waals surface area contributed by atoms with Crippen LogP contribution in [0.1, 0.15) is 26.7 Å². The van der Waals surface area contributed by atoms with Gasteiger partial charge in [-0.3, -0.25) is 0 Å². The van der Waals surface area contributed by atoms with Gasteiger partial charge in [0, 0.05) is 18.8 Å². The molecule has 2 rings (SSSR count). The number of allylic oxidation sites excluding steroid dienone is 1. The first kappa shape index (κ1) is 12.1. The molecule has 16 heavy (non-hydrogen) atoms. The number of sulfone groups is 1. The average Bonchev–Trinajstić information content (AvgIpc) is 2.45. The topological polar surface area (TPSA) is 46.2 Å². The standard InChI is InChI=1S/C12H21NO2S/c1-12(2,16(3,14)15)8-13-11-7-9-5-4-6-10(9)11/h4,6,9-11,13H,5,7-8H2,1-3H3. The quantitative estimate of drug-likeness (QED) is 0.758. The van der Waals surface area contributed by atoms with E-state index in [9.17, 15) is 8.42 Å². The van der Waals surface area contributed by atoms with E-state index >= 15 is 0 Å². The Bertz CT molecular complexity index is 397. The molecule has 2 aliphatic carbocycles. The first-order valence-electron chi connectivity index (χ1n) is 5.91. The maximum Gasteiger partial charge on any atom is 0.153 e. The Morgan fingerprint density at radius 1 is 1.44 bits per heavy atom. The van der Waals surface area contributed by atoms with Gasteiger partial charge in [0.1, 0.15) is 0 Å². The van der Waals surface area contributed by atoms with Crippen molar-refractivity contribution in [3.8, 4) is 0 Å². The van der Waals surface area contributed by atoms with E-state index in [0.29, 0.717) is 18.5 Å². The number of hydrogen-bond acceptors (Lipinski definition) is 3. The van der Waals surface area contributed by atoms with Crippen LogP contribution in [-0.4, -0.2) is 32.0 Å². The Hall–Kier alpha value is -0.350. The summed E-state index contributed by atoms with van der Waals surface area (Å²) in [5.41, 5.74) is 0. The fourth-order valence-electron chi connectivity index (χ4n) is 2.46. The van der Waals surface area contributed by atoms with Crippen molar-refractivity contribution in [2.24, 2.45) is 11.8 Å². The molecule has 0 aliphatic heterocycles. The summed E-state index contributed by atoms with van der Waals surface area (Å²) in [4.78, 5) is 0. The van der Waals surface area contributed by atoms with Gasteiger partial charge >= 0.3 is 0 Å². The monoisotopic (exact) mass is 243 g/mol. The largest absolute Gasteiger partial charge is 0.312 e. The van der Waals surface area contributed by atoms with E-state index in [2.05, 4.69) is 17.5 Å². The molecule has 0 aromatic rings. The molecule has 0 amide bonds. The molecule has 0 saturated heterocycles. The Morgan fingerprint density at radius 3 is 2.69 bits per heavy atom. The van der Waals surface area contributed by atoms with Crippen LogP contribution in [0.3, 0.4) is 0 Å². The predicted octanol–water partition coefficient (Wildman–Crippen LogP) is 1.36. The minimum absolute atomic E-state index is 0.491. The molecular weight excluding hydrogens is 222 g/mol. The van der Waals surface area contributed by atoms with Gasteiger partial charge in [-0.05, 0) is 38.5 Å². The van der Waals surface area contributed by atoms with Crippen LogP contribution in [0.15, 0.2) is 12.2 Å². The molecule has 0 radical (unpaired) electrons. The van der Waals surface area contributed by atoms with E-state index in [1.165, 1.54) is 19.1 Å². The number of nitrogens with one attached hydrogen (secondary N) is 1. The summed E-state index contributed by atoms with van der Waals surface area (Å²) in [7, 11) is -2.98. The average molecular weight is 243 g/mol. The zero-order valence-corrected chi connectivity index (χ0v) is 11.0. The molecule has 1 saturated carbocycles. The lowest BCUT2D eigenvalue weighted by atomic mass is 9.71. The van der Waals surface area contributed by atoms with Gasteiger partial charge in [0.2, 0.25) is 0 Å². The van der Waals surface area contributed by atoms with Crippen LogP contribution >= 0.6 is 0 Å². The molecule has 2 aliphatic rings. The van der Waals surface area contributed by atoms with Crippen molar-refractivity contribution in [3.05, 3.63) is 12.2 Å². The molecule has 1 N–H and O–H groups in total.